The van der Waals surface area contributed by atoms with Crippen molar-refractivity contribution in [1.82, 2.24) is 10.2 Å². The average Bonchev–Trinajstić information content (AvgIpc) is 3.12. The van der Waals surface area contributed by atoms with Crippen LogP contribution in [0.4, 0.5) is 18.9 Å². The van der Waals surface area contributed by atoms with Crippen LogP contribution in [0.5, 0.6) is 0 Å². The van der Waals surface area contributed by atoms with E-state index >= 15 is 0 Å². The second kappa shape index (κ2) is 8.37. The minimum Gasteiger partial charge on any atom is -0.370 e. The van der Waals surface area contributed by atoms with Crippen LogP contribution in [0, 0.1) is 0 Å². The number of halogens is 3. The number of likely N-dealkylation sites (N-methyl/N-ethyl adjacent to an activating group) is 1. The number of hydrogen-bond acceptors (Lipinski definition) is 5. The van der Waals surface area contributed by atoms with Crippen LogP contribution in [0.1, 0.15) is 12.0 Å². The molecule has 0 amide bonds. The van der Waals surface area contributed by atoms with Gasteiger partial charge in [0.05, 0.1) is 5.56 Å². The van der Waals surface area contributed by atoms with Gasteiger partial charge in [-0.25, -0.2) is 0 Å². The minimum absolute atomic E-state index is 0.0434. The lowest BCUT2D eigenvalue weighted by Crippen LogP contribution is -2.51. The number of anilines is 1. The second-order valence-corrected chi connectivity index (χ2v) is 8.06. The molecule has 2 heterocycles. The average molecular weight is 389 g/mol. The predicted octanol–water partition coefficient (Wildman–Crippen LogP) is 2.89. The number of benzene rings is 1. The van der Waals surface area contributed by atoms with E-state index in [4.69, 9.17) is 4.74 Å². The van der Waals surface area contributed by atoms with Crippen molar-refractivity contribution in [2.75, 3.05) is 50.2 Å². The molecule has 4 nitrogen and oxygen atoms in total. The van der Waals surface area contributed by atoms with Gasteiger partial charge < -0.3 is 15.0 Å². The fourth-order valence-corrected chi connectivity index (χ4v) is 4.69. The molecule has 0 spiro atoms. The maximum Gasteiger partial charge on any atom is 0.416 e. The van der Waals surface area contributed by atoms with E-state index in [0.717, 1.165) is 55.4 Å². The highest BCUT2D eigenvalue weighted by Gasteiger charge is 2.36. The molecule has 2 saturated heterocycles. The van der Waals surface area contributed by atoms with E-state index < -0.39 is 11.7 Å². The van der Waals surface area contributed by atoms with E-state index in [-0.39, 0.29) is 18.3 Å². The monoisotopic (exact) mass is 389 g/mol. The molecular formula is C18H26F3N3OS. The maximum absolute atomic E-state index is 12.7. The van der Waals surface area contributed by atoms with Gasteiger partial charge >= 0.3 is 6.18 Å². The van der Waals surface area contributed by atoms with Crippen LogP contribution in [0.15, 0.2) is 24.3 Å². The molecule has 1 unspecified atom stereocenters. The smallest absolute Gasteiger partial charge is 0.370 e. The highest BCUT2D eigenvalue weighted by molar-refractivity contribution is 7.99. The first-order valence-corrected chi connectivity index (χ1v) is 10.0. The molecule has 3 atom stereocenters. The third kappa shape index (κ3) is 4.47. The van der Waals surface area contributed by atoms with Gasteiger partial charge in [0.15, 0.2) is 0 Å². The summed E-state index contributed by atoms with van der Waals surface area (Å²) in [7, 11) is 3.69. The van der Waals surface area contributed by atoms with Crippen LogP contribution < -0.4 is 10.2 Å². The van der Waals surface area contributed by atoms with E-state index in [1.807, 2.05) is 18.8 Å². The van der Waals surface area contributed by atoms with Gasteiger partial charge in [-0.3, -0.25) is 4.90 Å². The fourth-order valence-electron chi connectivity index (χ4n) is 3.76. The van der Waals surface area contributed by atoms with Gasteiger partial charge in [0.2, 0.25) is 0 Å². The number of rotatable bonds is 5. The first-order chi connectivity index (χ1) is 12.4. The minimum atomic E-state index is -4.30. The van der Waals surface area contributed by atoms with Crippen molar-refractivity contribution >= 4 is 17.4 Å². The van der Waals surface area contributed by atoms with Gasteiger partial charge in [-0.05, 0) is 30.7 Å². The van der Waals surface area contributed by atoms with Crippen molar-refractivity contribution in [2.45, 2.75) is 30.9 Å². The summed E-state index contributed by atoms with van der Waals surface area (Å²) in [6, 6.07) is 5.85. The Balaban J connectivity index is 1.62. The van der Waals surface area contributed by atoms with Gasteiger partial charge in [-0.2, -0.15) is 24.9 Å². The topological polar surface area (TPSA) is 27.7 Å². The molecule has 26 heavy (non-hydrogen) atoms. The molecule has 146 valence electrons. The van der Waals surface area contributed by atoms with E-state index in [1.54, 1.807) is 19.2 Å². The highest BCUT2D eigenvalue weighted by Crippen LogP contribution is 2.31. The Morgan fingerprint density at radius 1 is 1.23 bits per heavy atom. The molecule has 0 radical (unpaired) electrons. The molecule has 0 aromatic heterocycles. The summed E-state index contributed by atoms with van der Waals surface area (Å²) in [5.41, 5.74) is 0.188. The van der Waals surface area contributed by atoms with Gasteiger partial charge in [-0.15, -0.1) is 0 Å². The summed E-state index contributed by atoms with van der Waals surface area (Å²) in [6.07, 6.45) is -3.35. The Morgan fingerprint density at radius 2 is 1.88 bits per heavy atom. The lowest BCUT2D eigenvalue weighted by Gasteiger charge is -2.36. The summed E-state index contributed by atoms with van der Waals surface area (Å²) < 4.78 is 44.0. The first-order valence-electron chi connectivity index (χ1n) is 8.88. The van der Waals surface area contributed by atoms with Crippen molar-refractivity contribution in [3.63, 3.8) is 0 Å². The van der Waals surface area contributed by atoms with Crippen LogP contribution >= 0.6 is 11.8 Å². The van der Waals surface area contributed by atoms with E-state index in [9.17, 15) is 13.2 Å². The molecule has 8 heteroatoms. The van der Waals surface area contributed by atoms with Crippen molar-refractivity contribution in [2.24, 2.45) is 0 Å². The SMILES string of the molecule is COC([C@@H]1C[C@H](N(C)c2ccc(C(F)(F)F)cc2)CN1)N1CCSCC1. The van der Waals surface area contributed by atoms with Crippen LogP contribution in [-0.2, 0) is 10.9 Å². The van der Waals surface area contributed by atoms with Gasteiger partial charge in [0, 0.05) is 63.1 Å². The van der Waals surface area contributed by atoms with Crippen molar-refractivity contribution in [1.29, 1.82) is 0 Å². The number of nitrogens with one attached hydrogen (secondary N) is 1. The quantitative estimate of drug-likeness (QED) is 0.836. The maximum atomic E-state index is 12.7. The number of nitrogens with zero attached hydrogens (tertiary/aromatic N) is 2. The number of alkyl halides is 3. The zero-order valence-corrected chi connectivity index (χ0v) is 15.9. The highest BCUT2D eigenvalue weighted by atomic mass is 32.2. The molecule has 0 aliphatic carbocycles. The molecule has 3 rings (SSSR count). The van der Waals surface area contributed by atoms with Crippen molar-refractivity contribution in [3.8, 4) is 0 Å². The first kappa shape index (κ1) is 19.8. The predicted molar refractivity (Wildman–Crippen MR) is 99.7 cm³/mol. The summed E-state index contributed by atoms with van der Waals surface area (Å²) in [4.78, 5) is 4.45. The second-order valence-electron chi connectivity index (χ2n) is 6.83. The largest absolute Gasteiger partial charge is 0.416 e. The zero-order valence-electron chi connectivity index (χ0n) is 15.1. The van der Waals surface area contributed by atoms with Crippen LogP contribution in [0.3, 0.4) is 0 Å². The van der Waals surface area contributed by atoms with Crippen LogP contribution in [-0.4, -0.2) is 68.5 Å². The summed E-state index contributed by atoms with van der Waals surface area (Å²) in [5, 5.41) is 3.55. The molecular weight excluding hydrogens is 363 g/mol. The van der Waals surface area contributed by atoms with E-state index in [2.05, 4.69) is 15.1 Å². The van der Waals surface area contributed by atoms with Crippen molar-refractivity contribution in [3.05, 3.63) is 29.8 Å². The Kier molecular flexibility index (Phi) is 6.37. The Morgan fingerprint density at radius 3 is 2.46 bits per heavy atom. The third-order valence-corrected chi connectivity index (χ3v) is 6.23. The normalized spacial score (nSPS) is 26.0. The number of thioether (sulfide) groups is 1. The van der Waals surface area contributed by atoms with Crippen molar-refractivity contribution < 1.29 is 17.9 Å². The van der Waals surface area contributed by atoms with Gasteiger partial charge in [0.1, 0.15) is 6.23 Å². The Hall–Kier alpha value is -0.960. The molecule has 0 saturated carbocycles. The van der Waals surface area contributed by atoms with Crippen LogP contribution in [0.25, 0.3) is 0 Å². The molecule has 0 bridgehead atoms. The third-order valence-electron chi connectivity index (χ3n) is 5.28. The fraction of sp³-hybridized carbons (Fsp3) is 0.667. The molecule has 1 aromatic carbocycles. The summed E-state index contributed by atoms with van der Waals surface area (Å²) in [5.74, 6) is 2.25. The Labute approximate surface area is 157 Å². The summed E-state index contributed by atoms with van der Waals surface area (Å²) in [6.45, 7) is 2.85. The molecule has 2 aliphatic rings. The number of ether oxygens (including phenoxy) is 1. The Bertz CT molecular complexity index is 578. The number of hydrogen-bond donors (Lipinski definition) is 1. The van der Waals surface area contributed by atoms with E-state index in [1.165, 1.54) is 0 Å². The molecule has 2 fully saturated rings. The van der Waals surface area contributed by atoms with Gasteiger partial charge in [0.25, 0.3) is 0 Å². The van der Waals surface area contributed by atoms with Crippen LogP contribution in [0.2, 0.25) is 0 Å². The molecule has 2 aliphatic heterocycles. The van der Waals surface area contributed by atoms with E-state index in [0.29, 0.717) is 0 Å². The number of methoxy groups -OCH3 is 1. The molecule has 1 aromatic rings. The lowest BCUT2D eigenvalue weighted by molar-refractivity contribution is -0.137. The summed E-state index contributed by atoms with van der Waals surface area (Å²) >= 11 is 1.97. The molecule has 1 N–H and O–H groups in total. The lowest BCUT2D eigenvalue weighted by atomic mass is 10.1. The van der Waals surface area contributed by atoms with Gasteiger partial charge in [-0.1, -0.05) is 0 Å². The zero-order chi connectivity index (χ0) is 18.7. The standard InChI is InChI=1S/C18H26F3N3OS/c1-23(14-5-3-13(4-6-14)18(19,20)21)15-11-16(22-12-15)17(25-2)24-7-9-26-10-8-24/h3-6,15-17,22H,7-12H2,1-2H3/t15-,16-,17?/m0/s1.